The van der Waals surface area contributed by atoms with Gasteiger partial charge in [-0.25, -0.2) is 5.43 Å². The second-order valence-electron chi connectivity index (χ2n) is 7.08. The summed E-state index contributed by atoms with van der Waals surface area (Å²) in [6, 6.07) is 15.2. The van der Waals surface area contributed by atoms with Crippen molar-refractivity contribution >= 4 is 17.8 Å². The quantitative estimate of drug-likeness (QED) is 0.452. The molecule has 1 aliphatic rings. The molecule has 2 heterocycles. The van der Waals surface area contributed by atoms with Gasteiger partial charge in [-0.05, 0) is 44.2 Å². The van der Waals surface area contributed by atoms with Crippen LogP contribution in [0.25, 0.3) is 5.69 Å². The van der Waals surface area contributed by atoms with Crippen molar-refractivity contribution in [1.82, 2.24) is 9.99 Å². The Bertz CT molecular complexity index is 1140. The van der Waals surface area contributed by atoms with Crippen LogP contribution >= 0.6 is 0 Å². The van der Waals surface area contributed by atoms with Gasteiger partial charge in [0, 0.05) is 40.5 Å². The van der Waals surface area contributed by atoms with Crippen LogP contribution in [-0.4, -0.2) is 37.1 Å². The van der Waals surface area contributed by atoms with E-state index in [1.54, 1.807) is 13.3 Å². The maximum atomic E-state index is 12.1. The third-order valence-electron chi connectivity index (χ3n) is 5.00. The second-order valence-corrected chi connectivity index (χ2v) is 7.08. The number of nitrogens with one attached hydrogen (secondary N) is 2. The molecule has 8 heteroatoms. The predicted octanol–water partition coefficient (Wildman–Crippen LogP) is 3.39. The topological polar surface area (TPSA) is 86.1 Å². The SMILES string of the molecule is COc1cccc(NCC(=O)N/N=C\c2cc(C)n(-c3ccc4c(c3)OCO4)c2C)c1. The van der Waals surface area contributed by atoms with Gasteiger partial charge in [-0.2, -0.15) is 5.10 Å². The van der Waals surface area contributed by atoms with Crippen LogP contribution in [0.15, 0.2) is 53.6 Å². The number of fused-ring (bicyclic) bond motifs is 1. The Morgan fingerprint density at radius 2 is 2.00 bits per heavy atom. The van der Waals surface area contributed by atoms with E-state index in [0.29, 0.717) is 0 Å². The highest BCUT2D eigenvalue weighted by atomic mass is 16.7. The molecule has 0 aliphatic carbocycles. The molecular weight excluding hydrogens is 396 g/mol. The molecule has 0 radical (unpaired) electrons. The van der Waals surface area contributed by atoms with E-state index in [0.717, 1.165) is 45.6 Å². The van der Waals surface area contributed by atoms with E-state index < -0.39 is 0 Å². The number of benzene rings is 2. The Morgan fingerprint density at radius 3 is 2.84 bits per heavy atom. The largest absolute Gasteiger partial charge is 0.497 e. The number of anilines is 1. The maximum absolute atomic E-state index is 12.1. The molecule has 4 rings (SSSR count). The van der Waals surface area contributed by atoms with E-state index in [1.807, 2.05) is 62.4 Å². The van der Waals surface area contributed by atoms with Crippen molar-refractivity contribution < 1.29 is 19.0 Å². The number of hydrazone groups is 1. The van der Waals surface area contributed by atoms with Crippen LogP contribution in [0.2, 0.25) is 0 Å². The minimum absolute atomic E-state index is 0.0979. The van der Waals surface area contributed by atoms with E-state index in [-0.39, 0.29) is 19.2 Å². The highest BCUT2D eigenvalue weighted by Crippen LogP contribution is 2.34. The van der Waals surface area contributed by atoms with Gasteiger partial charge in [0.25, 0.3) is 5.91 Å². The van der Waals surface area contributed by atoms with Crippen molar-refractivity contribution in [2.75, 3.05) is 25.8 Å². The Hall–Kier alpha value is -3.94. The summed E-state index contributed by atoms with van der Waals surface area (Å²) >= 11 is 0. The Kier molecular flexibility index (Phi) is 5.79. The number of methoxy groups -OCH3 is 1. The molecule has 0 saturated heterocycles. The molecule has 1 amide bonds. The first-order valence-electron chi connectivity index (χ1n) is 9.84. The number of carbonyl (C=O) groups is 1. The van der Waals surface area contributed by atoms with E-state index in [9.17, 15) is 4.79 Å². The zero-order valence-corrected chi connectivity index (χ0v) is 17.6. The molecular formula is C23H24N4O4. The fourth-order valence-corrected chi connectivity index (χ4v) is 3.47. The lowest BCUT2D eigenvalue weighted by Crippen LogP contribution is -2.25. The molecule has 2 aromatic carbocycles. The summed E-state index contributed by atoms with van der Waals surface area (Å²) in [5.74, 6) is 1.96. The van der Waals surface area contributed by atoms with Gasteiger partial charge in [0.2, 0.25) is 6.79 Å². The lowest BCUT2D eigenvalue weighted by molar-refractivity contribution is -0.119. The van der Waals surface area contributed by atoms with Crippen LogP contribution in [0.4, 0.5) is 5.69 Å². The zero-order valence-electron chi connectivity index (χ0n) is 17.6. The average molecular weight is 420 g/mol. The fourth-order valence-electron chi connectivity index (χ4n) is 3.47. The van der Waals surface area contributed by atoms with Crippen LogP contribution < -0.4 is 25.0 Å². The summed E-state index contributed by atoms with van der Waals surface area (Å²) < 4.78 is 18.1. The fraction of sp³-hybridized carbons (Fsp3) is 0.217. The number of aromatic nitrogens is 1. The molecule has 1 aliphatic heterocycles. The van der Waals surface area contributed by atoms with Crippen molar-refractivity contribution in [3.63, 3.8) is 0 Å². The standard InChI is InChI=1S/C23H24N4O4/c1-15-9-17(16(2)27(15)19-7-8-21-22(11-19)31-14-30-21)12-25-26-23(28)13-24-18-5-4-6-20(10-18)29-3/h4-12,24H,13-14H2,1-3H3,(H,26,28)/b25-12-. The van der Waals surface area contributed by atoms with Gasteiger partial charge in [-0.1, -0.05) is 6.07 Å². The van der Waals surface area contributed by atoms with Crippen LogP contribution in [0, 0.1) is 13.8 Å². The normalized spacial score (nSPS) is 12.2. The first kappa shape index (κ1) is 20.3. The number of ether oxygens (including phenoxy) is 3. The summed E-state index contributed by atoms with van der Waals surface area (Å²) in [5.41, 5.74) is 7.29. The van der Waals surface area contributed by atoms with Gasteiger partial charge >= 0.3 is 0 Å². The average Bonchev–Trinajstić information content (AvgIpc) is 3.35. The minimum Gasteiger partial charge on any atom is -0.497 e. The molecule has 31 heavy (non-hydrogen) atoms. The molecule has 160 valence electrons. The summed E-state index contributed by atoms with van der Waals surface area (Å²) in [6.07, 6.45) is 1.65. The maximum Gasteiger partial charge on any atom is 0.259 e. The van der Waals surface area contributed by atoms with Crippen LogP contribution in [0.5, 0.6) is 17.2 Å². The van der Waals surface area contributed by atoms with Crippen LogP contribution in [0.3, 0.4) is 0 Å². The number of nitrogens with zero attached hydrogens (tertiary/aromatic N) is 2. The molecule has 3 aromatic rings. The number of aryl methyl sites for hydroxylation is 1. The molecule has 0 unspecified atom stereocenters. The Labute approximate surface area is 180 Å². The Morgan fingerprint density at radius 1 is 1.16 bits per heavy atom. The summed E-state index contributed by atoms with van der Waals surface area (Å²) in [5, 5.41) is 7.15. The highest BCUT2D eigenvalue weighted by molar-refractivity contribution is 5.85. The summed E-state index contributed by atoms with van der Waals surface area (Å²) in [4.78, 5) is 12.1. The molecule has 0 spiro atoms. The van der Waals surface area contributed by atoms with Gasteiger partial charge in [0.15, 0.2) is 11.5 Å². The third kappa shape index (κ3) is 4.48. The third-order valence-corrected chi connectivity index (χ3v) is 5.00. The smallest absolute Gasteiger partial charge is 0.259 e. The summed E-state index contributed by atoms with van der Waals surface area (Å²) in [7, 11) is 1.60. The van der Waals surface area contributed by atoms with Crippen LogP contribution in [0.1, 0.15) is 17.0 Å². The molecule has 0 fully saturated rings. The van der Waals surface area contributed by atoms with Gasteiger partial charge < -0.3 is 24.1 Å². The second kappa shape index (κ2) is 8.83. The zero-order chi connectivity index (χ0) is 21.8. The van der Waals surface area contributed by atoms with Gasteiger partial charge in [-0.3, -0.25) is 4.79 Å². The number of rotatable bonds is 7. The van der Waals surface area contributed by atoms with Gasteiger partial charge in [0.05, 0.1) is 19.9 Å². The number of hydrogen-bond acceptors (Lipinski definition) is 6. The monoisotopic (exact) mass is 420 g/mol. The van der Waals surface area contributed by atoms with Crippen molar-refractivity contribution in [2.45, 2.75) is 13.8 Å². The number of amides is 1. The number of hydrogen-bond donors (Lipinski definition) is 2. The molecule has 0 atom stereocenters. The van der Waals surface area contributed by atoms with Gasteiger partial charge in [0.1, 0.15) is 5.75 Å². The highest BCUT2D eigenvalue weighted by Gasteiger charge is 2.16. The van der Waals surface area contributed by atoms with E-state index in [1.165, 1.54) is 0 Å². The minimum atomic E-state index is -0.247. The molecule has 1 aromatic heterocycles. The lowest BCUT2D eigenvalue weighted by Gasteiger charge is -2.10. The van der Waals surface area contributed by atoms with E-state index in [2.05, 4.69) is 20.4 Å². The van der Waals surface area contributed by atoms with Crippen molar-refractivity contribution in [2.24, 2.45) is 5.10 Å². The van der Waals surface area contributed by atoms with Gasteiger partial charge in [-0.15, -0.1) is 0 Å². The predicted molar refractivity (Wildman–Crippen MR) is 119 cm³/mol. The van der Waals surface area contributed by atoms with Crippen LogP contribution in [-0.2, 0) is 4.79 Å². The Balaban J connectivity index is 1.39. The van der Waals surface area contributed by atoms with E-state index >= 15 is 0 Å². The first-order valence-corrected chi connectivity index (χ1v) is 9.84. The summed E-state index contributed by atoms with van der Waals surface area (Å²) in [6.45, 7) is 4.37. The molecule has 0 bridgehead atoms. The van der Waals surface area contributed by atoms with E-state index in [4.69, 9.17) is 14.2 Å². The molecule has 2 N–H and O–H groups in total. The first-order chi connectivity index (χ1) is 15.0. The van der Waals surface area contributed by atoms with Crippen molar-refractivity contribution in [3.05, 3.63) is 65.5 Å². The lowest BCUT2D eigenvalue weighted by atomic mass is 10.2. The van der Waals surface area contributed by atoms with Crippen molar-refractivity contribution in [3.8, 4) is 22.9 Å². The number of carbonyl (C=O) groups excluding carboxylic acids is 1. The van der Waals surface area contributed by atoms with Crippen molar-refractivity contribution in [1.29, 1.82) is 0 Å². The molecule has 8 nitrogen and oxygen atoms in total. The molecule has 0 saturated carbocycles.